The van der Waals surface area contributed by atoms with Crippen molar-refractivity contribution in [1.82, 2.24) is 0 Å². The normalized spacial score (nSPS) is 14.8. The van der Waals surface area contributed by atoms with Crippen molar-refractivity contribution in [1.29, 1.82) is 0 Å². The molecule has 0 heterocycles. The summed E-state index contributed by atoms with van der Waals surface area (Å²) in [5, 5.41) is 27.9. The molecule has 8 heteroatoms. The number of ether oxygens (including phenoxy) is 1. The molecular formula is C13H20O8. The number of carbonyl (C=O) groups is 4. The van der Waals surface area contributed by atoms with Gasteiger partial charge in [-0.15, -0.1) is 0 Å². The van der Waals surface area contributed by atoms with Crippen LogP contribution in [-0.4, -0.2) is 44.8 Å². The molecule has 0 radical (unpaired) electrons. The third kappa shape index (κ3) is 5.90. The standard InChI is InChI=1S/C13H20O8/c1-3-4-5-6-9(11(17)21-8(2)14)13(20,12(18)19)7-10(15)16/h9,20H,3-7H2,1-2H3,(H,15,16)(H,18,19). The molecule has 0 aromatic heterocycles. The molecule has 0 bridgehead atoms. The first-order chi connectivity index (χ1) is 9.65. The van der Waals surface area contributed by atoms with Crippen LogP contribution in [0.15, 0.2) is 0 Å². The number of esters is 2. The second kappa shape index (κ2) is 8.35. The molecule has 21 heavy (non-hydrogen) atoms. The van der Waals surface area contributed by atoms with E-state index in [1.807, 2.05) is 6.92 Å². The fourth-order valence-electron chi connectivity index (χ4n) is 1.94. The number of carbonyl (C=O) groups excluding carboxylic acids is 2. The highest BCUT2D eigenvalue weighted by molar-refractivity contribution is 5.93. The summed E-state index contributed by atoms with van der Waals surface area (Å²) < 4.78 is 4.33. The van der Waals surface area contributed by atoms with Gasteiger partial charge in [0.25, 0.3) is 0 Å². The van der Waals surface area contributed by atoms with Crippen LogP contribution in [0.1, 0.15) is 46.0 Å². The SMILES string of the molecule is CCCCCC(C(=O)OC(C)=O)C(O)(CC(=O)O)C(=O)O. The van der Waals surface area contributed by atoms with Crippen LogP contribution in [0, 0.1) is 5.92 Å². The number of unbranched alkanes of at least 4 members (excludes halogenated alkanes) is 2. The predicted molar refractivity (Wildman–Crippen MR) is 69.2 cm³/mol. The number of hydrogen-bond acceptors (Lipinski definition) is 6. The summed E-state index contributed by atoms with van der Waals surface area (Å²) in [6, 6.07) is 0. The van der Waals surface area contributed by atoms with E-state index in [9.17, 15) is 24.3 Å². The molecule has 0 fully saturated rings. The maximum absolute atomic E-state index is 11.8. The Morgan fingerprint density at radius 1 is 1.14 bits per heavy atom. The summed E-state index contributed by atoms with van der Waals surface area (Å²) in [4.78, 5) is 44.6. The lowest BCUT2D eigenvalue weighted by molar-refractivity contribution is -0.183. The molecule has 0 saturated carbocycles. The second-order valence-corrected chi connectivity index (χ2v) is 4.76. The van der Waals surface area contributed by atoms with Crippen LogP contribution in [0.2, 0.25) is 0 Å². The minimum atomic E-state index is -2.81. The van der Waals surface area contributed by atoms with Crippen LogP contribution in [-0.2, 0) is 23.9 Å². The molecule has 0 saturated heterocycles. The summed E-state index contributed by atoms with van der Waals surface area (Å²) in [5.41, 5.74) is -2.81. The highest BCUT2D eigenvalue weighted by Crippen LogP contribution is 2.29. The quantitative estimate of drug-likeness (QED) is 0.319. The molecule has 0 aliphatic rings. The van der Waals surface area contributed by atoms with Crippen LogP contribution in [0.25, 0.3) is 0 Å². The van der Waals surface area contributed by atoms with E-state index >= 15 is 0 Å². The van der Waals surface area contributed by atoms with Gasteiger partial charge in [-0.05, 0) is 6.42 Å². The van der Waals surface area contributed by atoms with Gasteiger partial charge in [0, 0.05) is 6.92 Å². The molecule has 2 atom stereocenters. The molecule has 0 aromatic rings. The lowest BCUT2D eigenvalue weighted by Crippen LogP contribution is -2.51. The molecule has 0 aromatic carbocycles. The summed E-state index contributed by atoms with van der Waals surface area (Å²) in [6.45, 7) is 2.83. The van der Waals surface area contributed by atoms with Crippen molar-refractivity contribution >= 4 is 23.9 Å². The Morgan fingerprint density at radius 2 is 1.71 bits per heavy atom. The van der Waals surface area contributed by atoms with Crippen molar-refractivity contribution in [3.8, 4) is 0 Å². The zero-order valence-corrected chi connectivity index (χ0v) is 12.0. The molecule has 0 aliphatic carbocycles. The number of hydrogen-bond donors (Lipinski definition) is 3. The van der Waals surface area contributed by atoms with Gasteiger partial charge in [-0.2, -0.15) is 0 Å². The first-order valence-electron chi connectivity index (χ1n) is 6.55. The van der Waals surface area contributed by atoms with Crippen molar-refractivity contribution in [3.05, 3.63) is 0 Å². The summed E-state index contributed by atoms with van der Waals surface area (Å²) >= 11 is 0. The fourth-order valence-corrected chi connectivity index (χ4v) is 1.94. The summed E-state index contributed by atoms with van der Waals surface area (Å²) in [6.07, 6.45) is 0.580. The Labute approximate surface area is 121 Å². The van der Waals surface area contributed by atoms with Crippen LogP contribution in [0.5, 0.6) is 0 Å². The van der Waals surface area contributed by atoms with Crippen molar-refractivity contribution in [3.63, 3.8) is 0 Å². The van der Waals surface area contributed by atoms with Crippen molar-refractivity contribution in [2.24, 2.45) is 5.92 Å². The van der Waals surface area contributed by atoms with E-state index in [0.717, 1.165) is 13.3 Å². The minimum absolute atomic E-state index is 0.0873. The summed E-state index contributed by atoms with van der Waals surface area (Å²) in [5.74, 6) is -7.22. The van der Waals surface area contributed by atoms with Gasteiger partial charge < -0.3 is 20.1 Å². The van der Waals surface area contributed by atoms with Crippen LogP contribution in [0.4, 0.5) is 0 Å². The van der Waals surface area contributed by atoms with Gasteiger partial charge in [0.2, 0.25) is 0 Å². The first kappa shape index (κ1) is 19.0. The van der Waals surface area contributed by atoms with Crippen molar-refractivity contribution < 1.29 is 39.2 Å². The molecule has 0 amide bonds. The van der Waals surface area contributed by atoms with Crippen molar-refractivity contribution in [2.75, 3.05) is 0 Å². The van der Waals surface area contributed by atoms with E-state index < -0.39 is 41.8 Å². The highest BCUT2D eigenvalue weighted by atomic mass is 16.6. The van der Waals surface area contributed by atoms with E-state index in [2.05, 4.69) is 4.74 Å². The van der Waals surface area contributed by atoms with Crippen LogP contribution < -0.4 is 0 Å². The maximum atomic E-state index is 11.8. The smallest absolute Gasteiger partial charge is 0.337 e. The van der Waals surface area contributed by atoms with E-state index in [1.165, 1.54) is 0 Å². The van der Waals surface area contributed by atoms with Gasteiger partial charge in [-0.25, -0.2) is 4.79 Å². The monoisotopic (exact) mass is 304 g/mol. The molecule has 0 spiro atoms. The highest BCUT2D eigenvalue weighted by Gasteiger charge is 2.50. The van der Waals surface area contributed by atoms with Gasteiger partial charge >= 0.3 is 23.9 Å². The van der Waals surface area contributed by atoms with Gasteiger partial charge in [0.15, 0.2) is 5.60 Å². The Bertz CT molecular complexity index is 416. The van der Waals surface area contributed by atoms with Crippen molar-refractivity contribution in [2.45, 2.75) is 51.6 Å². The number of carboxylic acid groups (broad SMARTS) is 2. The second-order valence-electron chi connectivity index (χ2n) is 4.76. The summed E-state index contributed by atoms with van der Waals surface area (Å²) in [7, 11) is 0. The molecule has 0 aliphatic heterocycles. The van der Waals surface area contributed by atoms with E-state index in [-0.39, 0.29) is 6.42 Å². The average molecular weight is 304 g/mol. The Kier molecular flexibility index (Phi) is 7.57. The number of rotatable bonds is 9. The number of carboxylic acids is 2. The molecule has 120 valence electrons. The molecule has 3 N–H and O–H groups in total. The zero-order chi connectivity index (χ0) is 16.6. The van der Waals surface area contributed by atoms with Crippen LogP contribution in [0.3, 0.4) is 0 Å². The largest absolute Gasteiger partial charge is 0.481 e. The molecule has 8 nitrogen and oxygen atoms in total. The molecule has 0 rings (SSSR count). The lowest BCUT2D eigenvalue weighted by atomic mass is 9.81. The van der Waals surface area contributed by atoms with Crippen LogP contribution >= 0.6 is 0 Å². The van der Waals surface area contributed by atoms with E-state index in [4.69, 9.17) is 10.2 Å². The zero-order valence-electron chi connectivity index (χ0n) is 12.0. The predicted octanol–water partition coefficient (Wildman–Crippen LogP) is 0.563. The maximum Gasteiger partial charge on any atom is 0.337 e. The fraction of sp³-hybridized carbons (Fsp3) is 0.692. The number of aliphatic hydroxyl groups is 1. The van der Waals surface area contributed by atoms with E-state index in [1.54, 1.807) is 0 Å². The Morgan fingerprint density at radius 3 is 2.10 bits per heavy atom. The third-order valence-electron chi connectivity index (χ3n) is 2.99. The van der Waals surface area contributed by atoms with Gasteiger partial charge in [0.05, 0.1) is 12.3 Å². The Hall–Kier alpha value is -1.96. The molecule has 2 unspecified atom stereocenters. The minimum Gasteiger partial charge on any atom is -0.481 e. The lowest BCUT2D eigenvalue weighted by Gasteiger charge is -2.29. The third-order valence-corrected chi connectivity index (χ3v) is 2.99. The van der Waals surface area contributed by atoms with E-state index in [0.29, 0.717) is 12.8 Å². The molecular weight excluding hydrogens is 284 g/mol. The van der Waals surface area contributed by atoms with Gasteiger partial charge in [-0.1, -0.05) is 26.2 Å². The van der Waals surface area contributed by atoms with Gasteiger partial charge in [0.1, 0.15) is 0 Å². The average Bonchev–Trinajstić information content (AvgIpc) is 2.32. The van der Waals surface area contributed by atoms with Gasteiger partial charge in [-0.3, -0.25) is 14.4 Å². The topological polar surface area (TPSA) is 138 Å². The Balaban J connectivity index is 5.37. The number of aliphatic carboxylic acids is 2. The first-order valence-corrected chi connectivity index (χ1v) is 6.55.